The molecule has 3 heterocycles. The predicted molar refractivity (Wildman–Crippen MR) is 88.7 cm³/mol. The van der Waals surface area contributed by atoms with Crippen LogP contribution in [0.3, 0.4) is 0 Å². The van der Waals surface area contributed by atoms with Crippen molar-refractivity contribution in [1.29, 1.82) is 0 Å². The van der Waals surface area contributed by atoms with Gasteiger partial charge in [0.15, 0.2) is 0 Å². The number of amides is 2. The number of likely N-dealkylation sites (tertiary alicyclic amines) is 1. The van der Waals surface area contributed by atoms with E-state index in [1.807, 2.05) is 11.8 Å². The van der Waals surface area contributed by atoms with Gasteiger partial charge in [-0.15, -0.1) is 0 Å². The molecule has 1 aliphatic rings. The Bertz CT molecular complexity index is 714. The zero-order valence-electron chi connectivity index (χ0n) is 13.7. The van der Waals surface area contributed by atoms with E-state index in [0.717, 1.165) is 13.0 Å². The van der Waals surface area contributed by atoms with E-state index in [0.29, 0.717) is 30.9 Å². The lowest BCUT2D eigenvalue weighted by Gasteiger charge is -2.21. The lowest BCUT2D eigenvalue weighted by atomic mass is 10.1. The maximum Gasteiger partial charge on any atom is 0.251 e. The van der Waals surface area contributed by atoms with E-state index in [1.54, 1.807) is 41.6 Å². The quantitative estimate of drug-likeness (QED) is 0.866. The molecule has 1 atom stereocenters. The largest absolute Gasteiger partial charge is 0.352 e. The fourth-order valence-corrected chi connectivity index (χ4v) is 2.80. The van der Waals surface area contributed by atoms with Crippen LogP contribution in [0.1, 0.15) is 30.1 Å². The van der Waals surface area contributed by atoms with Gasteiger partial charge in [0, 0.05) is 50.2 Å². The molecule has 0 radical (unpaired) electrons. The molecule has 7 heteroatoms. The minimum atomic E-state index is -0.140. The molecule has 1 N–H and O–H groups in total. The number of hydrogen-bond acceptors (Lipinski definition) is 4. The third-order valence-corrected chi connectivity index (χ3v) is 4.09. The second-order valence-corrected chi connectivity index (χ2v) is 6.13. The van der Waals surface area contributed by atoms with Gasteiger partial charge in [0.2, 0.25) is 5.91 Å². The highest BCUT2D eigenvalue weighted by molar-refractivity contribution is 5.94. The van der Waals surface area contributed by atoms with Crippen molar-refractivity contribution in [3.63, 3.8) is 0 Å². The molecule has 1 unspecified atom stereocenters. The van der Waals surface area contributed by atoms with Crippen LogP contribution in [0.4, 0.5) is 0 Å². The van der Waals surface area contributed by atoms with Gasteiger partial charge in [0.1, 0.15) is 12.1 Å². The van der Waals surface area contributed by atoms with Crippen LogP contribution >= 0.6 is 0 Å². The summed E-state index contributed by atoms with van der Waals surface area (Å²) in [6.07, 6.45) is 8.27. The lowest BCUT2D eigenvalue weighted by Crippen LogP contribution is -2.36. The first-order valence-corrected chi connectivity index (χ1v) is 8.14. The van der Waals surface area contributed by atoms with Crippen LogP contribution in [0, 0.1) is 5.92 Å². The molecule has 7 nitrogen and oxygen atoms in total. The van der Waals surface area contributed by atoms with Gasteiger partial charge in [0.25, 0.3) is 5.91 Å². The van der Waals surface area contributed by atoms with Crippen LogP contribution in [-0.4, -0.2) is 50.9 Å². The fraction of sp³-hybridized carbons (Fsp3) is 0.412. The van der Waals surface area contributed by atoms with Gasteiger partial charge in [0.05, 0.1) is 0 Å². The summed E-state index contributed by atoms with van der Waals surface area (Å²) < 4.78 is 1.75. The molecule has 2 aromatic heterocycles. The summed E-state index contributed by atoms with van der Waals surface area (Å²) in [7, 11) is 0. The van der Waals surface area contributed by atoms with Crippen LogP contribution in [0.5, 0.6) is 0 Å². The number of pyridine rings is 1. The maximum absolute atomic E-state index is 12.3. The highest BCUT2D eigenvalue weighted by Crippen LogP contribution is 2.12. The molecule has 24 heavy (non-hydrogen) atoms. The average molecular weight is 327 g/mol. The van der Waals surface area contributed by atoms with Crippen LogP contribution < -0.4 is 5.32 Å². The SMILES string of the molecule is CC(CNC(=O)c1ccnc(-n2ccnc2)c1)CN1CCCC1=O. The van der Waals surface area contributed by atoms with Gasteiger partial charge < -0.3 is 10.2 Å². The number of aromatic nitrogens is 3. The van der Waals surface area contributed by atoms with Crippen molar-refractivity contribution in [2.75, 3.05) is 19.6 Å². The number of nitrogens with zero attached hydrogens (tertiary/aromatic N) is 4. The molecule has 1 saturated heterocycles. The number of nitrogens with one attached hydrogen (secondary N) is 1. The van der Waals surface area contributed by atoms with E-state index in [9.17, 15) is 9.59 Å². The first-order valence-electron chi connectivity index (χ1n) is 8.14. The monoisotopic (exact) mass is 327 g/mol. The van der Waals surface area contributed by atoms with Gasteiger partial charge in [-0.25, -0.2) is 9.97 Å². The van der Waals surface area contributed by atoms with Crippen molar-refractivity contribution in [2.24, 2.45) is 5.92 Å². The van der Waals surface area contributed by atoms with Crippen molar-refractivity contribution >= 4 is 11.8 Å². The summed E-state index contributed by atoms with van der Waals surface area (Å²) in [4.78, 5) is 34.1. The van der Waals surface area contributed by atoms with Crippen molar-refractivity contribution in [1.82, 2.24) is 24.8 Å². The second-order valence-electron chi connectivity index (χ2n) is 6.13. The summed E-state index contributed by atoms with van der Waals surface area (Å²) in [6, 6.07) is 3.41. The Morgan fingerprint density at radius 1 is 1.42 bits per heavy atom. The minimum absolute atomic E-state index is 0.140. The average Bonchev–Trinajstić information content (AvgIpc) is 3.25. The Morgan fingerprint density at radius 2 is 2.29 bits per heavy atom. The van der Waals surface area contributed by atoms with Gasteiger partial charge in [-0.05, 0) is 24.5 Å². The summed E-state index contributed by atoms with van der Waals surface area (Å²) in [6.45, 7) is 4.09. The normalized spacial score (nSPS) is 15.5. The summed E-state index contributed by atoms with van der Waals surface area (Å²) in [5, 5.41) is 2.93. The molecule has 0 spiro atoms. The summed E-state index contributed by atoms with van der Waals surface area (Å²) in [5.41, 5.74) is 0.554. The number of rotatable bonds is 6. The minimum Gasteiger partial charge on any atom is -0.352 e. The Hall–Kier alpha value is -2.70. The van der Waals surface area contributed by atoms with Crippen LogP contribution in [0.15, 0.2) is 37.1 Å². The van der Waals surface area contributed by atoms with Crippen molar-refractivity contribution < 1.29 is 9.59 Å². The second kappa shape index (κ2) is 7.25. The fourth-order valence-electron chi connectivity index (χ4n) is 2.80. The molecule has 0 bridgehead atoms. The maximum atomic E-state index is 12.3. The van der Waals surface area contributed by atoms with E-state index in [-0.39, 0.29) is 17.7 Å². The van der Waals surface area contributed by atoms with E-state index >= 15 is 0 Å². The van der Waals surface area contributed by atoms with Crippen molar-refractivity contribution in [3.8, 4) is 5.82 Å². The third kappa shape index (κ3) is 3.79. The molecule has 2 amide bonds. The smallest absolute Gasteiger partial charge is 0.251 e. The predicted octanol–water partition coefficient (Wildman–Crippen LogP) is 1.26. The van der Waals surface area contributed by atoms with Crippen molar-refractivity contribution in [2.45, 2.75) is 19.8 Å². The van der Waals surface area contributed by atoms with E-state index in [2.05, 4.69) is 15.3 Å². The zero-order chi connectivity index (χ0) is 16.9. The molecule has 3 rings (SSSR count). The Balaban J connectivity index is 1.55. The van der Waals surface area contributed by atoms with Gasteiger partial charge >= 0.3 is 0 Å². The van der Waals surface area contributed by atoms with Gasteiger partial charge in [-0.3, -0.25) is 14.2 Å². The number of carbonyl (C=O) groups excluding carboxylic acids is 2. The molecule has 0 saturated carbocycles. The first kappa shape index (κ1) is 16.2. The van der Waals surface area contributed by atoms with Gasteiger partial charge in [-0.1, -0.05) is 6.92 Å². The zero-order valence-corrected chi connectivity index (χ0v) is 13.7. The molecular weight excluding hydrogens is 306 g/mol. The topological polar surface area (TPSA) is 80.1 Å². The summed E-state index contributed by atoms with van der Waals surface area (Å²) in [5.74, 6) is 0.937. The Morgan fingerprint density at radius 3 is 3.00 bits per heavy atom. The van der Waals surface area contributed by atoms with Crippen LogP contribution in [0.2, 0.25) is 0 Å². The third-order valence-electron chi connectivity index (χ3n) is 4.09. The number of imidazole rings is 1. The molecule has 0 aliphatic carbocycles. The van der Waals surface area contributed by atoms with E-state index in [1.165, 1.54) is 0 Å². The van der Waals surface area contributed by atoms with Crippen molar-refractivity contribution in [3.05, 3.63) is 42.6 Å². The molecule has 1 aliphatic heterocycles. The van der Waals surface area contributed by atoms with E-state index in [4.69, 9.17) is 0 Å². The standard InChI is InChI=1S/C17H21N5O2/c1-13(11-21-7-2-3-16(21)23)10-20-17(24)14-4-5-19-15(9-14)22-8-6-18-12-22/h4-6,8-9,12-13H,2-3,7,10-11H2,1H3,(H,20,24). The van der Waals surface area contributed by atoms with E-state index < -0.39 is 0 Å². The molecule has 2 aromatic rings. The number of carbonyl (C=O) groups is 2. The molecular formula is C17H21N5O2. The Labute approximate surface area is 140 Å². The van der Waals surface area contributed by atoms with Crippen LogP contribution in [0.25, 0.3) is 5.82 Å². The molecule has 126 valence electrons. The Kier molecular flexibility index (Phi) is 4.88. The highest BCUT2D eigenvalue weighted by atomic mass is 16.2. The molecule has 1 fully saturated rings. The summed E-state index contributed by atoms with van der Waals surface area (Å²) >= 11 is 0. The lowest BCUT2D eigenvalue weighted by molar-refractivity contribution is -0.128. The molecule has 0 aromatic carbocycles. The van der Waals surface area contributed by atoms with Gasteiger partial charge in [-0.2, -0.15) is 0 Å². The number of hydrogen-bond donors (Lipinski definition) is 1. The van der Waals surface area contributed by atoms with Crippen LogP contribution in [-0.2, 0) is 4.79 Å². The first-order chi connectivity index (χ1) is 11.6. The highest BCUT2D eigenvalue weighted by Gasteiger charge is 2.22.